The van der Waals surface area contributed by atoms with Gasteiger partial charge < -0.3 is 10.6 Å². The van der Waals surface area contributed by atoms with Gasteiger partial charge in [0.25, 0.3) is 0 Å². The molecule has 1 aromatic carbocycles. The number of hydrogen-bond acceptors (Lipinski definition) is 3. The van der Waals surface area contributed by atoms with Gasteiger partial charge in [0, 0.05) is 17.8 Å². The predicted octanol–water partition coefficient (Wildman–Crippen LogP) is 3.59. The summed E-state index contributed by atoms with van der Waals surface area (Å²) in [6.45, 7) is 7.93. The summed E-state index contributed by atoms with van der Waals surface area (Å²) >= 11 is 0. The first kappa shape index (κ1) is 18.6. The minimum atomic E-state index is -0.402. The summed E-state index contributed by atoms with van der Waals surface area (Å²) < 4.78 is 16.1. The number of amides is 1. The van der Waals surface area contributed by atoms with Gasteiger partial charge in [-0.2, -0.15) is 5.10 Å². The minimum absolute atomic E-state index is 0.0608. The van der Waals surface area contributed by atoms with Gasteiger partial charge in [-0.1, -0.05) is 6.92 Å². The van der Waals surface area contributed by atoms with E-state index in [9.17, 15) is 9.18 Å². The molecule has 1 aromatic heterocycles. The van der Waals surface area contributed by atoms with Crippen molar-refractivity contribution in [3.05, 3.63) is 41.5 Å². The number of nitrogens with one attached hydrogen (secondary N) is 2. The lowest BCUT2D eigenvalue weighted by atomic mass is 9.84. The van der Waals surface area contributed by atoms with Gasteiger partial charge in [-0.3, -0.25) is 4.79 Å². The maximum atomic E-state index is 14.5. The molecule has 1 amide bonds. The molecular formula is C20H27FN4O. The lowest BCUT2D eigenvalue weighted by Gasteiger charge is -2.27. The van der Waals surface area contributed by atoms with Crippen LogP contribution in [0.3, 0.4) is 0 Å². The summed E-state index contributed by atoms with van der Waals surface area (Å²) in [4.78, 5) is 12.3. The Balaban J connectivity index is 1.64. The normalized spacial score (nSPS) is 16.5. The first-order valence-corrected chi connectivity index (χ1v) is 9.28. The number of anilines is 1. The summed E-state index contributed by atoms with van der Waals surface area (Å²) in [5.74, 6) is 0.442. The third kappa shape index (κ3) is 4.30. The maximum absolute atomic E-state index is 14.5. The summed E-state index contributed by atoms with van der Waals surface area (Å²) in [5, 5.41) is 10.5. The second-order valence-corrected chi connectivity index (χ2v) is 7.32. The number of halogens is 1. The highest BCUT2D eigenvalue weighted by molar-refractivity contribution is 5.90. The summed E-state index contributed by atoms with van der Waals surface area (Å²) in [7, 11) is 0. The van der Waals surface area contributed by atoms with Crippen molar-refractivity contribution in [1.29, 1.82) is 0 Å². The number of carbonyl (C=O) groups excluding carboxylic acids is 1. The van der Waals surface area contributed by atoms with Crippen LogP contribution in [0.15, 0.2) is 24.3 Å². The van der Waals surface area contributed by atoms with E-state index in [0.29, 0.717) is 29.6 Å². The quantitative estimate of drug-likeness (QED) is 0.859. The number of piperidine rings is 1. The van der Waals surface area contributed by atoms with E-state index in [-0.39, 0.29) is 5.91 Å². The Morgan fingerprint density at radius 3 is 2.69 bits per heavy atom. The summed E-state index contributed by atoms with van der Waals surface area (Å²) in [6.07, 6.45) is 2.69. The molecule has 2 N–H and O–H groups in total. The van der Waals surface area contributed by atoms with Crippen LogP contribution in [0.2, 0.25) is 0 Å². The Bertz CT molecular complexity index is 780. The molecule has 1 unspecified atom stereocenters. The molecule has 6 heteroatoms. The highest BCUT2D eigenvalue weighted by Crippen LogP contribution is 2.25. The number of hydrogen-bond donors (Lipinski definition) is 2. The van der Waals surface area contributed by atoms with Crippen molar-refractivity contribution in [2.75, 3.05) is 18.4 Å². The van der Waals surface area contributed by atoms with Crippen LogP contribution < -0.4 is 10.6 Å². The zero-order chi connectivity index (χ0) is 18.7. The van der Waals surface area contributed by atoms with E-state index >= 15 is 0 Å². The third-order valence-corrected chi connectivity index (χ3v) is 5.17. The van der Waals surface area contributed by atoms with Crippen molar-refractivity contribution in [1.82, 2.24) is 15.1 Å². The Labute approximate surface area is 154 Å². The van der Waals surface area contributed by atoms with Crippen LogP contribution in [0.5, 0.6) is 0 Å². The van der Waals surface area contributed by atoms with E-state index in [2.05, 4.69) is 22.7 Å². The number of rotatable bonds is 5. The van der Waals surface area contributed by atoms with Gasteiger partial charge in [-0.05, 0) is 75.9 Å². The van der Waals surface area contributed by atoms with Gasteiger partial charge in [0.2, 0.25) is 5.91 Å². The number of nitrogens with zero attached hydrogens (tertiary/aromatic N) is 2. The number of aryl methyl sites for hydroxylation is 2. The standard InChI is InChI=1S/C20H27FN4O/c1-13(16-6-8-22-9-7-16)10-20(26)23-17-4-5-19(18(21)12-17)25-15(3)11-14(2)24-25/h4-5,11-13,16,22H,6-10H2,1-3H3,(H,23,26). The number of aromatic nitrogens is 2. The van der Waals surface area contributed by atoms with E-state index in [4.69, 9.17) is 0 Å². The highest BCUT2D eigenvalue weighted by atomic mass is 19.1. The second-order valence-electron chi connectivity index (χ2n) is 7.32. The largest absolute Gasteiger partial charge is 0.326 e. The van der Waals surface area contributed by atoms with E-state index in [1.54, 1.807) is 16.8 Å². The smallest absolute Gasteiger partial charge is 0.224 e. The first-order valence-electron chi connectivity index (χ1n) is 9.28. The zero-order valence-electron chi connectivity index (χ0n) is 15.7. The van der Waals surface area contributed by atoms with Crippen molar-refractivity contribution >= 4 is 11.6 Å². The highest BCUT2D eigenvalue weighted by Gasteiger charge is 2.22. The van der Waals surface area contributed by atoms with Gasteiger partial charge in [-0.25, -0.2) is 9.07 Å². The molecule has 2 heterocycles. The second kappa shape index (κ2) is 7.99. The van der Waals surface area contributed by atoms with Crippen molar-refractivity contribution in [3.8, 4) is 5.69 Å². The van der Waals surface area contributed by atoms with Crippen LogP contribution in [-0.4, -0.2) is 28.8 Å². The van der Waals surface area contributed by atoms with Gasteiger partial charge in [0.15, 0.2) is 5.82 Å². The lowest BCUT2D eigenvalue weighted by molar-refractivity contribution is -0.117. The van der Waals surface area contributed by atoms with E-state index < -0.39 is 5.82 Å². The summed E-state index contributed by atoms with van der Waals surface area (Å²) in [5.41, 5.74) is 2.58. The fraction of sp³-hybridized carbons (Fsp3) is 0.500. The molecule has 0 bridgehead atoms. The van der Waals surface area contributed by atoms with Crippen molar-refractivity contribution in [3.63, 3.8) is 0 Å². The van der Waals surface area contributed by atoms with E-state index in [1.165, 1.54) is 6.07 Å². The zero-order valence-corrected chi connectivity index (χ0v) is 15.7. The molecular weight excluding hydrogens is 331 g/mol. The Morgan fingerprint density at radius 2 is 2.08 bits per heavy atom. The Kier molecular flexibility index (Phi) is 5.71. The molecule has 0 radical (unpaired) electrons. The molecule has 1 aliphatic heterocycles. The van der Waals surface area contributed by atoms with Crippen molar-refractivity contribution in [2.24, 2.45) is 11.8 Å². The molecule has 1 atom stereocenters. The third-order valence-electron chi connectivity index (χ3n) is 5.17. The molecule has 1 saturated heterocycles. The van der Waals surface area contributed by atoms with Gasteiger partial charge >= 0.3 is 0 Å². The van der Waals surface area contributed by atoms with Crippen LogP contribution in [0.1, 0.15) is 37.6 Å². The fourth-order valence-corrected chi connectivity index (χ4v) is 3.71. The first-order chi connectivity index (χ1) is 12.4. The number of carbonyl (C=O) groups is 1. The molecule has 140 valence electrons. The van der Waals surface area contributed by atoms with E-state index in [0.717, 1.165) is 37.3 Å². The van der Waals surface area contributed by atoms with Crippen LogP contribution in [-0.2, 0) is 4.79 Å². The molecule has 0 spiro atoms. The summed E-state index contributed by atoms with van der Waals surface area (Å²) in [6, 6.07) is 6.64. The molecule has 2 aromatic rings. The fourth-order valence-electron chi connectivity index (χ4n) is 3.71. The predicted molar refractivity (Wildman–Crippen MR) is 101 cm³/mol. The monoisotopic (exact) mass is 358 g/mol. The topological polar surface area (TPSA) is 59.0 Å². The molecule has 5 nitrogen and oxygen atoms in total. The Morgan fingerprint density at radius 1 is 1.35 bits per heavy atom. The molecule has 3 rings (SSSR count). The SMILES string of the molecule is Cc1cc(C)n(-c2ccc(NC(=O)CC(C)C3CCNCC3)cc2F)n1. The lowest BCUT2D eigenvalue weighted by Crippen LogP contribution is -2.32. The van der Waals surface area contributed by atoms with E-state index in [1.807, 2.05) is 19.9 Å². The molecule has 1 aliphatic rings. The van der Waals surface area contributed by atoms with Gasteiger partial charge in [0.1, 0.15) is 5.69 Å². The average Bonchev–Trinajstić information content (AvgIpc) is 2.93. The van der Waals surface area contributed by atoms with Crippen molar-refractivity contribution in [2.45, 2.75) is 40.0 Å². The molecule has 1 fully saturated rings. The maximum Gasteiger partial charge on any atom is 0.224 e. The van der Waals surface area contributed by atoms with Crippen LogP contribution in [0, 0.1) is 31.5 Å². The molecule has 26 heavy (non-hydrogen) atoms. The van der Waals surface area contributed by atoms with Gasteiger partial charge in [0.05, 0.1) is 5.69 Å². The van der Waals surface area contributed by atoms with Crippen LogP contribution in [0.4, 0.5) is 10.1 Å². The molecule has 0 aliphatic carbocycles. The average molecular weight is 358 g/mol. The van der Waals surface area contributed by atoms with Crippen LogP contribution in [0.25, 0.3) is 5.69 Å². The number of benzene rings is 1. The molecule has 0 saturated carbocycles. The van der Waals surface area contributed by atoms with Gasteiger partial charge in [-0.15, -0.1) is 0 Å². The minimum Gasteiger partial charge on any atom is -0.326 e. The Hall–Kier alpha value is -2.21. The van der Waals surface area contributed by atoms with Crippen molar-refractivity contribution < 1.29 is 9.18 Å². The van der Waals surface area contributed by atoms with Crippen LogP contribution >= 0.6 is 0 Å².